The number of terminal acetylenes is 1. The number of hydrogen-bond acceptors (Lipinski definition) is 3. The van der Waals surface area contributed by atoms with E-state index >= 15 is 0 Å². The third-order valence-electron chi connectivity index (χ3n) is 1.97. The number of hydrogen-bond donors (Lipinski definition) is 0. The van der Waals surface area contributed by atoms with Crippen molar-refractivity contribution in [1.29, 1.82) is 0 Å². The molecule has 0 aliphatic heterocycles. The topological polar surface area (TPSA) is 43.4 Å². The van der Waals surface area contributed by atoms with Crippen LogP contribution in [0.3, 0.4) is 0 Å². The molecule has 0 aliphatic carbocycles. The van der Waals surface area contributed by atoms with Gasteiger partial charge in [-0.1, -0.05) is 13.8 Å². The summed E-state index contributed by atoms with van der Waals surface area (Å²) in [5, 5.41) is 0. The number of rotatable bonds is 5. The van der Waals surface area contributed by atoms with Crippen LogP contribution in [0.2, 0.25) is 0 Å². The van der Waals surface area contributed by atoms with Crippen LogP contribution in [0.5, 0.6) is 0 Å². The van der Waals surface area contributed by atoms with Crippen molar-refractivity contribution in [2.45, 2.75) is 26.7 Å². The van der Waals surface area contributed by atoms with E-state index in [4.69, 9.17) is 6.42 Å². The van der Waals surface area contributed by atoms with Crippen molar-refractivity contribution < 1.29 is 14.3 Å². The van der Waals surface area contributed by atoms with Crippen molar-refractivity contribution in [2.24, 2.45) is 11.8 Å². The zero-order valence-corrected chi connectivity index (χ0v) is 8.87. The van der Waals surface area contributed by atoms with Gasteiger partial charge in [0.25, 0.3) is 0 Å². The molecule has 0 amide bonds. The summed E-state index contributed by atoms with van der Waals surface area (Å²) >= 11 is 0. The van der Waals surface area contributed by atoms with Crippen LogP contribution in [0.25, 0.3) is 0 Å². The van der Waals surface area contributed by atoms with Crippen LogP contribution in [0.15, 0.2) is 0 Å². The van der Waals surface area contributed by atoms with Crippen LogP contribution >= 0.6 is 0 Å². The van der Waals surface area contributed by atoms with E-state index in [0.29, 0.717) is 0 Å². The van der Waals surface area contributed by atoms with E-state index in [-0.39, 0.29) is 36.4 Å². The Morgan fingerprint density at radius 3 is 2.29 bits per heavy atom. The second kappa shape index (κ2) is 6.20. The first kappa shape index (κ1) is 12.7. The molecule has 0 aromatic carbocycles. The Labute approximate surface area is 84.8 Å². The van der Waals surface area contributed by atoms with E-state index in [1.165, 1.54) is 7.11 Å². The van der Waals surface area contributed by atoms with Gasteiger partial charge in [0, 0.05) is 18.3 Å². The minimum absolute atomic E-state index is 0.0384. The standard InChI is InChI=1S/C11H16O3/c1-5-9(7-11(13)14-4)6-10(12)8(2)3/h1,8-9H,6-7H2,2-4H3/t9-/m0/s1. The molecule has 0 fully saturated rings. The molecule has 0 spiro atoms. The summed E-state index contributed by atoms with van der Waals surface area (Å²) in [6.07, 6.45) is 5.58. The van der Waals surface area contributed by atoms with Crippen LogP contribution in [-0.4, -0.2) is 18.9 Å². The fourth-order valence-electron chi connectivity index (χ4n) is 0.953. The summed E-state index contributed by atoms with van der Waals surface area (Å²) in [6, 6.07) is 0. The first-order valence-corrected chi connectivity index (χ1v) is 4.56. The maximum atomic E-state index is 11.3. The van der Waals surface area contributed by atoms with Crippen molar-refractivity contribution in [2.75, 3.05) is 7.11 Å². The zero-order valence-electron chi connectivity index (χ0n) is 8.87. The Kier molecular flexibility index (Phi) is 5.62. The minimum atomic E-state index is -0.371. The predicted molar refractivity (Wildman–Crippen MR) is 53.4 cm³/mol. The molecule has 0 unspecified atom stereocenters. The highest BCUT2D eigenvalue weighted by atomic mass is 16.5. The van der Waals surface area contributed by atoms with Crippen molar-refractivity contribution in [3.63, 3.8) is 0 Å². The smallest absolute Gasteiger partial charge is 0.306 e. The van der Waals surface area contributed by atoms with Crippen molar-refractivity contribution in [3.8, 4) is 12.3 Å². The molecule has 14 heavy (non-hydrogen) atoms. The summed E-state index contributed by atoms with van der Waals surface area (Å²) in [7, 11) is 1.31. The normalized spacial score (nSPS) is 11.9. The van der Waals surface area contributed by atoms with Crippen LogP contribution in [0.4, 0.5) is 0 Å². The van der Waals surface area contributed by atoms with Crippen molar-refractivity contribution in [1.82, 2.24) is 0 Å². The van der Waals surface area contributed by atoms with Gasteiger partial charge in [0.2, 0.25) is 0 Å². The van der Waals surface area contributed by atoms with Gasteiger partial charge in [-0.05, 0) is 0 Å². The van der Waals surface area contributed by atoms with E-state index in [0.717, 1.165) is 0 Å². The Morgan fingerprint density at radius 2 is 1.93 bits per heavy atom. The Hall–Kier alpha value is -1.30. The third-order valence-corrected chi connectivity index (χ3v) is 1.97. The van der Waals surface area contributed by atoms with Crippen molar-refractivity contribution >= 4 is 11.8 Å². The van der Waals surface area contributed by atoms with Gasteiger partial charge in [0.05, 0.1) is 13.5 Å². The van der Waals surface area contributed by atoms with Gasteiger partial charge < -0.3 is 4.74 Å². The highest BCUT2D eigenvalue weighted by Gasteiger charge is 2.17. The number of ketones is 1. The summed E-state index contributed by atoms with van der Waals surface area (Å²) in [6.45, 7) is 3.63. The highest BCUT2D eigenvalue weighted by Crippen LogP contribution is 2.12. The van der Waals surface area contributed by atoms with Gasteiger partial charge >= 0.3 is 5.97 Å². The average Bonchev–Trinajstić information content (AvgIpc) is 2.16. The number of methoxy groups -OCH3 is 1. The zero-order chi connectivity index (χ0) is 11.1. The Balaban J connectivity index is 4.12. The third kappa shape index (κ3) is 4.66. The maximum absolute atomic E-state index is 11.3. The van der Waals surface area contributed by atoms with E-state index in [2.05, 4.69) is 10.7 Å². The average molecular weight is 196 g/mol. The number of ether oxygens (including phenoxy) is 1. The minimum Gasteiger partial charge on any atom is -0.469 e. The van der Waals surface area contributed by atoms with E-state index in [1.807, 2.05) is 13.8 Å². The molecule has 0 saturated carbocycles. The Bertz CT molecular complexity index is 248. The molecular formula is C11H16O3. The molecule has 1 atom stereocenters. The lowest BCUT2D eigenvalue weighted by Gasteiger charge is -2.09. The van der Waals surface area contributed by atoms with Crippen molar-refractivity contribution in [3.05, 3.63) is 0 Å². The quantitative estimate of drug-likeness (QED) is 0.493. The van der Waals surface area contributed by atoms with Gasteiger partial charge in [0.15, 0.2) is 0 Å². The first-order chi connectivity index (χ1) is 6.51. The molecule has 0 bridgehead atoms. The summed E-state index contributed by atoms with van der Waals surface area (Å²) in [4.78, 5) is 22.2. The molecular weight excluding hydrogens is 180 g/mol. The van der Waals surface area contributed by atoms with Gasteiger partial charge in [-0.15, -0.1) is 12.3 Å². The lowest BCUT2D eigenvalue weighted by atomic mass is 9.95. The predicted octanol–water partition coefficient (Wildman–Crippen LogP) is 1.41. The lowest BCUT2D eigenvalue weighted by Crippen LogP contribution is -2.16. The van der Waals surface area contributed by atoms with Gasteiger partial charge in [-0.2, -0.15) is 0 Å². The van der Waals surface area contributed by atoms with Gasteiger partial charge in [0.1, 0.15) is 5.78 Å². The largest absolute Gasteiger partial charge is 0.469 e. The molecule has 0 aromatic heterocycles. The molecule has 0 aliphatic rings. The molecule has 0 saturated heterocycles. The van der Waals surface area contributed by atoms with Crippen LogP contribution in [0, 0.1) is 24.2 Å². The fourth-order valence-corrected chi connectivity index (χ4v) is 0.953. The van der Waals surface area contributed by atoms with E-state index in [1.54, 1.807) is 0 Å². The number of carbonyl (C=O) groups excluding carboxylic acids is 2. The molecule has 78 valence electrons. The van der Waals surface area contributed by atoms with Gasteiger partial charge in [-0.25, -0.2) is 0 Å². The second-order valence-electron chi connectivity index (χ2n) is 3.47. The SMILES string of the molecule is C#C[C@H](CC(=O)OC)CC(=O)C(C)C. The lowest BCUT2D eigenvalue weighted by molar-refractivity contribution is -0.141. The molecule has 0 aromatic rings. The second-order valence-corrected chi connectivity index (χ2v) is 3.47. The van der Waals surface area contributed by atoms with Crippen LogP contribution < -0.4 is 0 Å². The summed E-state index contributed by atoms with van der Waals surface area (Å²) < 4.78 is 4.48. The van der Waals surface area contributed by atoms with E-state index in [9.17, 15) is 9.59 Å². The Morgan fingerprint density at radius 1 is 1.36 bits per heavy atom. The first-order valence-electron chi connectivity index (χ1n) is 4.56. The molecule has 0 N–H and O–H groups in total. The molecule has 3 heteroatoms. The summed E-state index contributed by atoms with van der Waals surface area (Å²) in [5.41, 5.74) is 0. The van der Waals surface area contributed by atoms with E-state index < -0.39 is 0 Å². The highest BCUT2D eigenvalue weighted by molar-refractivity contribution is 5.81. The fraction of sp³-hybridized carbons (Fsp3) is 0.636. The number of Topliss-reactive ketones (excluding diaryl/α,β-unsaturated/α-hetero) is 1. The number of esters is 1. The van der Waals surface area contributed by atoms with Crippen LogP contribution in [0.1, 0.15) is 26.7 Å². The monoisotopic (exact) mass is 196 g/mol. The molecule has 0 heterocycles. The molecule has 3 nitrogen and oxygen atoms in total. The molecule has 0 rings (SSSR count). The summed E-state index contributed by atoms with van der Waals surface area (Å²) in [5.74, 6) is 1.77. The maximum Gasteiger partial charge on any atom is 0.306 e. The van der Waals surface area contributed by atoms with Crippen LogP contribution in [-0.2, 0) is 14.3 Å². The molecule has 0 radical (unpaired) electrons. The number of carbonyl (C=O) groups is 2. The van der Waals surface area contributed by atoms with Gasteiger partial charge in [-0.3, -0.25) is 9.59 Å².